The van der Waals surface area contributed by atoms with Crippen molar-refractivity contribution in [1.29, 1.82) is 5.26 Å². The van der Waals surface area contributed by atoms with Gasteiger partial charge in [0.1, 0.15) is 6.04 Å². The van der Waals surface area contributed by atoms with Gasteiger partial charge in [-0.25, -0.2) is 0 Å². The molecule has 4 fully saturated rings. The van der Waals surface area contributed by atoms with Crippen molar-refractivity contribution in [2.24, 2.45) is 17.3 Å². The van der Waals surface area contributed by atoms with Gasteiger partial charge in [0.2, 0.25) is 5.91 Å². The quantitative estimate of drug-likeness (QED) is 0.856. The van der Waals surface area contributed by atoms with E-state index in [1.807, 2.05) is 0 Å². The highest BCUT2D eigenvalue weighted by Crippen LogP contribution is 2.58. The molecule has 1 heterocycles. The van der Waals surface area contributed by atoms with Crippen LogP contribution < -0.4 is 5.32 Å². The number of carbonyl (C=O) groups excluding carboxylic acids is 1. The van der Waals surface area contributed by atoms with Gasteiger partial charge in [-0.3, -0.25) is 4.79 Å². The third-order valence-corrected chi connectivity index (χ3v) is 6.08. The first kappa shape index (κ1) is 13.9. The molecule has 1 N–H and O–H groups in total. The Morgan fingerprint density at radius 1 is 1.35 bits per heavy atom. The van der Waals surface area contributed by atoms with Crippen LogP contribution in [0.5, 0.6) is 0 Å². The molecule has 1 aliphatic heterocycles. The Morgan fingerprint density at radius 3 is 2.65 bits per heavy atom. The lowest BCUT2D eigenvalue weighted by Crippen LogP contribution is -2.56. The number of carbonyl (C=O) groups is 1. The molecule has 3 atom stereocenters. The second kappa shape index (κ2) is 5.04. The highest BCUT2D eigenvalue weighted by Gasteiger charge is 2.52. The number of nitriles is 1. The highest BCUT2D eigenvalue weighted by atomic mass is 16.2. The van der Waals surface area contributed by atoms with Crippen molar-refractivity contribution in [1.82, 2.24) is 10.2 Å². The second-order valence-electron chi connectivity index (χ2n) is 7.37. The van der Waals surface area contributed by atoms with Crippen molar-refractivity contribution < 1.29 is 4.79 Å². The van der Waals surface area contributed by atoms with E-state index in [0.29, 0.717) is 18.0 Å². The average Bonchev–Trinajstić information content (AvgIpc) is 2.93. The van der Waals surface area contributed by atoms with E-state index >= 15 is 0 Å². The van der Waals surface area contributed by atoms with Gasteiger partial charge in [-0.05, 0) is 49.4 Å². The third kappa shape index (κ3) is 2.22. The largest absolute Gasteiger partial charge is 0.326 e. The molecule has 4 heteroatoms. The Bertz CT molecular complexity index is 425. The predicted molar refractivity (Wildman–Crippen MR) is 76.8 cm³/mol. The van der Waals surface area contributed by atoms with Crippen LogP contribution in [0.25, 0.3) is 0 Å². The zero-order valence-corrected chi connectivity index (χ0v) is 12.6. The first-order valence-corrected chi connectivity index (χ1v) is 7.95. The van der Waals surface area contributed by atoms with E-state index in [0.717, 1.165) is 31.2 Å². The Hall–Kier alpha value is -1.08. The molecule has 0 aromatic carbocycles. The molecule has 3 saturated carbocycles. The molecule has 1 amide bonds. The summed E-state index contributed by atoms with van der Waals surface area (Å²) < 4.78 is 0. The van der Waals surface area contributed by atoms with Crippen molar-refractivity contribution in [2.75, 3.05) is 13.1 Å². The van der Waals surface area contributed by atoms with Crippen LogP contribution in [0.4, 0.5) is 0 Å². The number of likely N-dealkylation sites (tertiary alicyclic amines) is 1. The zero-order chi connectivity index (χ0) is 14.3. The number of hydrogen-bond acceptors (Lipinski definition) is 3. The average molecular weight is 275 g/mol. The predicted octanol–water partition coefficient (Wildman–Crippen LogP) is 1.92. The summed E-state index contributed by atoms with van der Waals surface area (Å²) in [6.07, 6.45) is 5.59. The molecule has 1 saturated heterocycles. The maximum atomic E-state index is 12.2. The molecule has 20 heavy (non-hydrogen) atoms. The first-order chi connectivity index (χ1) is 9.52. The smallest absolute Gasteiger partial charge is 0.237 e. The number of amides is 1. The summed E-state index contributed by atoms with van der Waals surface area (Å²) in [5, 5.41) is 12.5. The standard InChI is InChI=1S/C16H25N3O/c1-16(2)11-6-12(16)8-13(7-11)18-10-15(20)19-5-3-4-14(19)9-17/h11-14,18H,3-8,10H2,1-2H3. The van der Waals surface area contributed by atoms with Crippen LogP contribution >= 0.6 is 0 Å². The number of rotatable bonds is 3. The highest BCUT2D eigenvalue weighted by molar-refractivity contribution is 5.79. The van der Waals surface area contributed by atoms with Crippen molar-refractivity contribution in [3.63, 3.8) is 0 Å². The van der Waals surface area contributed by atoms with Gasteiger partial charge in [0.15, 0.2) is 0 Å². The van der Waals surface area contributed by atoms with Crippen LogP contribution in [0, 0.1) is 28.6 Å². The molecule has 2 bridgehead atoms. The molecule has 4 rings (SSSR count). The molecule has 0 radical (unpaired) electrons. The van der Waals surface area contributed by atoms with Crippen LogP contribution in [-0.2, 0) is 4.79 Å². The molecular formula is C16H25N3O. The van der Waals surface area contributed by atoms with Crippen molar-refractivity contribution >= 4 is 5.91 Å². The maximum Gasteiger partial charge on any atom is 0.237 e. The minimum Gasteiger partial charge on any atom is -0.326 e. The van der Waals surface area contributed by atoms with Gasteiger partial charge in [0.05, 0.1) is 12.6 Å². The zero-order valence-electron chi connectivity index (χ0n) is 12.6. The summed E-state index contributed by atoms with van der Waals surface area (Å²) in [6.45, 7) is 5.92. The lowest BCUT2D eigenvalue weighted by molar-refractivity contribution is -0.131. The molecule has 0 aromatic rings. The number of hydrogen-bond donors (Lipinski definition) is 1. The minimum absolute atomic E-state index is 0.104. The van der Waals surface area contributed by atoms with Crippen LogP contribution in [0.2, 0.25) is 0 Å². The molecule has 110 valence electrons. The lowest BCUT2D eigenvalue weighted by Gasteiger charge is -2.59. The minimum atomic E-state index is -0.192. The van der Waals surface area contributed by atoms with Crippen molar-refractivity contribution in [3.05, 3.63) is 0 Å². The van der Waals surface area contributed by atoms with Crippen molar-refractivity contribution in [3.8, 4) is 6.07 Å². The first-order valence-electron chi connectivity index (χ1n) is 7.95. The molecule has 3 unspecified atom stereocenters. The molecule has 4 aliphatic rings. The second-order valence-corrected chi connectivity index (χ2v) is 7.37. The van der Waals surface area contributed by atoms with E-state index in [1.165, 1.54) is 19.3 Å². The molecule has 0 spiro atoms. The number of fused-ring (bicyclic) bond motifs is 2. The van der Waals surface area contributed by atoms with Gasteiger partial charge in [-0.15, -0.1) is 0 Å². The third-order valence-electron chi connectivity index (χ3n) is 6.08. The number of nitrogens with one attached hydrogen (secondary N) is 1. The van der Waals surface area contributed by atoms with E-state index in [-0.39, 0.29) is 11.9 Å². The Morgan fingerprint density at radius 2 is 2.05 bits per heavy atom. The van der Waals surface area contributed by atoms with Crippen LogP contribution in [-0.4, -0.2) is 36.0 Å². The summed E-state index contributed by atoms with van der Waals surface area (Å²) in [7, 11) is 0. The fourth-order valence-electron chi connectivity index (χ4n) is 4.41. The van der Waals surface area contributed by atoms with Gasteiger partial charge in [0, 0.05) is 12.6 Å². The van der Waals surface area contributed by atoms with E-state index in [2.05, 4.69) is 25.2 Å². The fourth-order valence-corrected chi connectivity index (χ4v) is 4.41. The Labute approximate surface area is 121 Å². The summed E-state index contributed by atoms with van der Waals surface area (Å²) in [4.78, 5) is 13.9. The topological polar surface area (TPSA) is 56.1 Å². The van der Waals surface area contributed by atoms with Gasteiger partial charge >= 0.3 is 0 Å². The van der Waals surface area contributed by atoms with Gasteiger partial charge in [-0.1, -0.05) is 13.8 Å². The molecule has 0 aromatic heterocycles. The Balaban J connectivity index is 1.47. The summed E-state index contributed by atoms with van der Waals surface area (Å²) in [5.41, 5.74) is 0.517. The van der Waals surface area contributed by atoms with Crippen LogP contribution in [0.1, 0.15) is 46.0 Å². The Kier molecular flexibility index (Phi) is 3.50. The lowest BCUT2D eigenvalue weighted by atomic mass is 9.48. The van der Waals surface area contributed by atoms with Gasteiger partial charge < -0.3 is 10.2 Å². The van der Waals surface area contributed by atoms with Crippen LogP contribution in [0.15, 0.2) is 0 Å². The van der Waals surface area contributed by atoms with Gasteiger partial charge in [-0.2, -0.15) is 5.26 Å². The van der Waals surface area contributed by atoms with Crippen LogP contribution in [0.3, 0.4) is 0 Å². The van der Waals surface area contributed by atoms with E-state index in [1.54, 1.807) is 4.90 Å². The molecular weight excluding hydrogens is 250 g/mol. The monoisotopic (exact) mass is 275 g/mol. The van der Waals surface area contributed by atoms with E-state index in [4.69, 9.17) is 5.26 Å². The summed E-state index contributed by atoms with van der Waals surface area (Å²) in [5.74, 6) is 1.76. The summed E-state index contributed by atoms with van der Waals surface area (Å²) in [6, 6.07) is 2.54. The SMILES string of the molecule is CC1(C)C2CC(NCC(=O)N3CCCC3C#N)CC1C2. The molecule has 3 aliphatic carbocycles. The summed E-state index contributed by atoms with van der Waals surface area (Å²) >= 11 is 0. The molecule has 4 nitrogen and oxygen atoms in total. The fraction of sp³-hybridized carbons (Fsp3) is 0.875. The van der Waals surface area contributed by atoms with Gasteiger partial charge in [0.25, 0.3) is 0 Å². The normalized spacial score (nSPS) is 38.1. The van der Waals surface area contributed by atoms with E-state index < -0.39 is 0 Å². The van der Waals surface area contributed by atoms with Crippen molar-refractivity contribution in [2.45, 2.75) is 58.0 Å². The van der Waals surface area contributed by atoms with E-state index in [9.17, 15) is 4.79 Å². The maximum absolute atomic E-state index is 12.2. The number of nitrogens with zero attached hydrogens (tertiary/aromatic N) is 2.